The van der Waals surface area contributed by atoms with Crippen LogP contribution >= 0.6 is 0 Å². The fourth-order valence-electron chi connectivity index (χ4n) is 0. The summed E-state index contributed by atoms with van der Waals surface area (Å²) >= 11 is 0. The first-order chi connectivity index (χ1) is 1.91. The van der Waals surface area contributed by atoms with Crippen molar-refractivity contribution in [2.75, 3.05) is 6.61 Å². The van der Waals surface area contributed by atoms with Crippen molar-refractivity contribution in [2.24, 2.45) is 0 Å². The van der Waals surface area contributed by atoms with Crippen LogP contribution in [0.1, 0.15) is 20.8 Å². The Morgan fingerprint density at radius 2 is 1.80 bits per heavy atom. The number of aliphatic hydroxyl groups excluding tert-OH is 1. The molecule has 0 fully saturated rings. The lowest BCUT2D eigenvalue weighted by Crippen LogP contribution is -1.69. The van der Waals surface area contributed by atoms with Gasteiger partial charge in [-0.15, -0.1) is 0 Å². The highest BCUT2D eigenvalue weighted by Gasteiger charge is 1.57. The maximum absolute atomic E-state index is 7.88. The van der Waals surface area contributed by atoms with Gasteiger partial charge in [-0.25, -0.2) is 0 Å². The Labute approximate surface area is 33.6 Å². The van der Waals surface area contributed by atoms with Crippen LogP contribution in [0, 0.1) is 0 Å². The first kappa shape index (κ1) is 8.88. The van der Waals surface area contributed by atoms with E-state index < -0.39 is 0 Å². The molecule has 0 aliphatic rings. The largest absolute Gasteiger partial charge is 0.396 e. The molecule has 0 heterocycles. The third-order valence-corrected chi connectivity index (χ3v) is 0.224. The molecule has 0 saturated heterocycles. The lowest BCUT2D eigenvalue weighted by Gasteiger charge is -1.69. The Hall–Kier alpha value is -0.0400. The SMILES string of the molecule is C.CCCO. The minimum Gasteiger partial charge on any atom is -0.396 e. The Bertz CT molecular complexity index is 5.61. The van der Waals surface area contributed by atoms with Gasteiger partial charge in [0.1, 0.15) is 0 Å². The summed E-state index contributed by atoms with van der Waals surface area (Å²) in [5.41, 5.74) is 0. The second kappa shape index (κ2) is 9.03. The number of aliphatic hydroxyl groups is 1. The van der Waals surface area contributed by atoms with Crippen LogP contribution in [0.5, 0.6) is 0 Å². The fraction of sp³-hybridized carbons (Fsp3) is 1.00. The lowest BCUT2D eigenvalue weighted by molar-refractivity contribution is 0.295. The summed E-state index contributed by atoms with van der Waals surface area (Å²) in [6, 6.07) is 0. The first-order valence-corrected chi connectivity index (χ1v) is 1.52. The summed E-state index contributed by atoms with van der Waals surface area (Å²) in [6.07, 6.45) is 0.875. The van der Waals surface area contributed by atoms with Crippen LogP contribution < -0.4 is 0 Å². The smallest absolute Gasteiger partial charge is 0.0428 e. The Morgan fingerprint density at radius 3 is 1.80 bits per heavy atom. The van der Waals surface area contributed by atoms with Crippen molar-refractivity contribution in [2.45, 2.75) is 20.8 Å². The molecule has 0 aromatic rings. The van der Waals surface area contributed by atoms with Crippen LogP contribution in [-0.2, 0) is 0 Å². The topological polar surface area (TPSA) is 20.2 Å². The molecule has 0 aromatic carbocycles. The molecule has 0 saturated carbocycles. The van der Waals surface area contributed by atoms with Crippen molar-refractivity contribution in [3.63, 3.8) is 0 Å². The summed E-state index contributed by atoms with van der Waals surface area (Å²) in [6.45, 7) is 2.25. The van der Waals surface area contributed by atoms with Crippen molar-refractivity contribution in [3.05, 3.63) is 0 Å². The highest BCUT2D eigenvalue weighted by Crippen LogP contribution is 1.61. The average Bonchev–Trinajstić information content (AvgIpc) is 1.37. The number of hydrogen-bond donors (Lipinski definition) is 1. The monoisotopic (exact) mass is 76.1 g/mol. The highest BCUT2D eigenvalue weighted by molar-refractivity contribution is 4.10. The van der Waals surface area contributed by atoms with Crippen molar-refractivity contribution in [3.8, 4) is 0 Å². The number of rotatable bonds is 1. The Balaban J connectivity index is 0. The van der Waals surface area contributed by atoms with E-state index in [2.05, 4.69) is 0 Å². The predicted octanol–water partition coefficient (Wildman–Crippen LogP) is 1.02. The molecular weight excluding hydrogens is 64.0 g/mol. The molecule has 0 amide bonds. The van der Waals surface area contributed by atoms with E-state index in [-0.39, 0.29) is 7.43 Å². The van der Waals surface area contributed by atoms with E-state index in [4.69, 9.17) is 5.11 Å². The quantitative estimate of drug-likeness (QED) is 0.494. The summed E-state index contributed by atoms with van der Waals surface area (Å²) in [7, 11) is 0. The molecule has 1 nitrogen and oxygen atoms in total. The summed E-state index contributed by atoms with van der Waals surface area (Å²) < 4.78 is 0. The van der Waals surface area contributed by atoms with E-state index in [9.17, 15) is 0 Å². The van der Waals surface area contributed by atoms with Crippen molar-refractivity contribution in [1.29, 1.82) is 0 Å². The van der Waals surface area contributed by atoms with E-state index in [0.717, 1.165) is 6.42 Å². The van der Waals surface area contributed by atoms with Crippen LogP contribution in [0.3, 0.4) is 0 Å². The molecule has 0 bridgehead atoms. The van der Waals surface area contributed by atoms with Gasteiger partial charge in [-0.3, -0.25) is 0 Å². The van der Waals surface area contributed by atoms with Crippen LogP contribution in [0.4, 0.5) is 0 Å². The summed E-state index contributed by atoms with van der Waals surface area (Å²) in [5.74, 6) is 0. The van der Waals surface area contributed by atoms with E-state index in [1.54, 1.807) is 0 Å². The molecule has 0 aromatic heterocycles. The van der Waals surface area contributed by atoms with Gasteiger partial charge in [-0.1, -0.05) is 14.4 Å². The van der Waals surface area contributed by atoms with Crippen molar-refractivity contribution in [1.82, 2.24) is 0 Å². The molecule has 1 N–H and O–H groups in total. The van der Waals surface area contributed by atoms with Gasteiger partial charge in [0.25, 0.3) is 0 Å². The third kappa shape index (κ3) is 16.5. The zero-order chi connectivity index (χ0) is 3.41. The lowest BCUT2D eigenvalue weighted by atomic mass is 10.5. The van der Waals surface area contributed by atoms with E-state index in [1.807, 2.05) is 6.92 Å². The first-order valence-electron chi connectivity index (χ1n) is 1.52. The average molecular weight is 76.1 g/mol. The predicted molar refractivity (Wildman–Crippen MR) is 24.1 cm³/mol. The fourth-order valence-corrected chi connectivity index (χ4v) is 0. The zero-order valence-electron chi connectivity index (χ0n) is 2.86. The summed E-state index contributed by atoms with van der Waals surface area (Å²) in [4.78, 5) is 0. The van der Waals surface area contributed by atoms with Gasteiger partial charge in [0.15, 0.2) is 0 Å². The van der Waals surface area contributed by atoms with Crippen LogP contribution in [0.2, 0.25) is 0 Å². The standard InChI is InChI=1S/C3H8O.CH4/c1-2-3-4;/h4H,2-3H2,1H3;1H4. The zero-order valence-corrected chi connectivity index (χ0v) is 2.86. The molecule has 0 atom stereocenters. The highest BCUT2D eigenvalue weighted by atomic mass is 16.2. The maximum Gasteiger partial charge on any atom is 0.0428 e. The normalized spacial score (nSPS) is 6.00. The maximum atomic E-state index is 7.88. The van der Waals surface area contributed by atoms with E-state index in [0.29, 0.717) is 6.61 Å². The molecule has 34 valence electrons. The molecule has 1 heteroatoms. The van der Waals surface area contributed by atoms with Gasteiger partial charge in [0, 0.05) is 6.61 Å². The second-order valence-corrected chi connectivity index (χ2v) is 0.724. The molecular formula is C4H12O. The minimum atomic E-state index is 0. The Morgan fingerprint density at radius 1 is 1.60 bits per heavy atom. The van der Waals surface area contributed by atoms with Crippen LogP contribution in [-0.4, -0.2) is 11.7 Å². The van der Waals surface area contributed by atoms with Gasteiger partial charge in [0.05, 0.1) is 0 Å². The van der Waals surface area contributed by atoms with Gasteiger partial charge >= 0.3 is 0 Å². The van der Waals surface area contributed by atoms with Crippen molar-refractivity contribution < 1.29 is 5.11 Å². The molecule has 0 unspecified atom stereocenters. The molecule has 0 radical (unpaired) electrons. The van der Waals surface area contributed by atoms with Gasteiger partial charge in [-0.2, -0.15) is 0 Å². The van der Waals surface area contributed by atoms with Gasteiger partial charge < -0.3 is 5.11 Å². The van der Waals surface area contributed by atoms with Crippen LogP contribution in [0.15, 0.2) is 0 Å². The molecule has 0 spiro atoms. The third-order valence-electron chi connectivity index (χ3n) is 0.224. The second-order valence-electron chi connectivity index (χ2n) is 0.724. The molecule has 0 rings (SSSR count). The van der Waals surface area contributed by atoms with Gasteiger partial charge in [0.2, 0.25) is 0 Å². The molecule has 0 aliphatic carbocycles. The number of hydrogen-bond acceptors (Lipinski definition) is 1. The van der Waals surface area contributed by atoms with Crippen LogP contribution in [0.25, 0.3) is 0 Å². The van der Waals surface area contributed by atoms with E-state index in [1.165, 1.54) is 0 Å². The van der Waals surface area contributed by atoms with Crippen molar-refractivity contribution >= 4 is 0 Å². The minimum absolute atomic E-state index is 0. The molecule has 0 aliphatic heterocycles. The van der Waals surface area contributed by atoms with E-state index >= 15 is 0 Å². The van der Waals surface area contributed by atoms with Gasteiger partial charge in [-0.05, 0) is 6.42 Å². The Kier molecular flexibility index (Phi) is 16.0. The molecule has 5 heavy (non-hydrogen) atoms. The summed E-state index contributed by atoms with van der Waals surface area (Å²) in [5, 5.41) is 7.88.